The van der Waals surface area contributed by atoms with Crippen LogP contribution in [-0.4, -0.2) is 49.0 Å². The number of thioether (sulfide) groups is 1. The minimum atomic E-state index is 0.362. The number of likely N-dealkylation sites (N-methyl/N-ethyl adjacent to an activating group) is 1. The van der Waals surface area contributed by atoms with Crippen LogP contribution in [0.15, 0.2) is 29.2 Å². The lowest BCUT2D eigenvalue weighted by Gasteiger charge is -2.31. The van der Waals surface area contributed by atoms with Crippen LogP contribution < -0.4 is 5.32 Å². The van der Waals surface area contributed by atoms with Crippen molar-refractivity contribution in [2.45, 2.75) is 44.4 Å². The fraction of sp³-hybridized carbons (Fsp3) is 0.647. The molecule has 0 saturated carbocycles. The summed E-state index contributed by atoms with van der Waals surface area (Å²) in [6.45, 7) is 11.7. The molecule has 1 unspecified atom stereocenters. The summed E-state index contributed by atoms with van der Waals surface area (Å²) in [5.74, 6) is 1.04. The topological polar surface area (TPSA) is 24.5 Å². The SMILES string of the molecule is CCN1CCOC(CSc2cccc(CNC(C)C)c2)C1. The number of benzene rings is 1. The van der Waals surface area contributed by atoms with Gasteiger partial charge in [-0.2, -0.15) is 0 Å². The lowest BCUT2D eigenvalue weighted by molar-refractivity contribution is -0.0137. The molecule has 1 aromatic rings. The van der Waals surface area contributed by atoms with Gasteiger partial charge in [-0.15, -0.1) is 11.8 Å². The Hall–Kier alpha value is -0.550. The summed E-state index contributed by atoms with van der Waals surface area (Å²) in [6.07, 6.45) is 0.362. The first-order chi connectivity index (χ1) is 10.2. The molecule has 118 valence electrons. The molecule has 1 aromatic carbocycles. The predicted molar refractivity (Wildman–Crippen MR) is 91.0 cm³/mol. The molecule has 4 heteroatoms. The zero-order chi connectivity index (χ0) is 15.1. The van der Waals surface area contributed by atoms with E-state index in [-0.39, 0.29) is 0 Å². The van der Waals surface area contributed by atoms with E-state index in [0.29, 0.717) is 12.1 Å². The van der Waals surface area contributed by atoms with Crippen molar-refractivity contribution in [3.63, 3.8) is 0 Å². The van der Waals surface area contributed by atoms with E-state index in [1.165, 1.54) is 10.5 Å². The monoisotopic (exact) mass is 308 g/mol. The molecule has 1 heterocycles. The Balaban J connectivity index is 1.81. The smallest absolute Gasteiger partial charge is 0.0796 e. The van der Waals surface area contributed by atoms with Gasteiger partial charge < -0.3 is 10.1 Å². The van der Waals surface area contributed by atoms with Gasteiger partial charge in [0, 0.05) is 36.3 Å². The molecule has 2 rings (SSSR count). The highest BCUT2D eigenvalue weighted by Gasteiger charge is 2.19. The second-order valence-corrected chi connectivity index (χ2v) is 6.97. The van der Waals surface area contributed by atoms with Crippen molar-refractivity contribution in [1.29, 1.82) is 0 Å². The van der Waals surface area contributed by atoms with Crippen LogP contribution >= 0.6 is 11.8 Å². The maximum Gasteiger partial charge on any atom is 0.0796 e. The third kappa shape index (κ3) is 5.99. The number of nitrogens with zero attached hydrogens (tertiary/aromatic N) is 1. The van der Waals surface area contributed by atoms with Gasteiger partial charge in [0.15, 0.2) is 0 Å². The number of nitrogens with one attached hydrogen (secondary N) is 1. The van der Waals surface area contributed by atoms with Gasteiger partial charge in [0.05, 0.1) is 12.7 Å². The van der Waals surface area contributed by atoms with E-state index in [0.717, 1.165) is 38.5 Å². The standard InChI is InChI=1S/C17H28N2OS/c1-4-19-8-9-20-16(12-19)13-21-17-7-5-6-15(10-17)11-18-14(2)3/h5-7,10,14,16,18H,4,8-9,11-13H2,1-3H3. The molecular weight excluding hydrogens is 280 g/mol. The van der Waals surface area contributed by atoms with Gasteiger partial charge in [0.25, 0.3) is 0 Å². The Bertz CT molecular complexity index is 425. The van der Waals surface area contributed by atoms with Gasteiger partial charge in [-0.25, -0.2) is 0 Å². The summed E-state index contributed by atoms with van der Waals surface area (Å²) >= 11 is 1.91. The van der Waals surface area contributed by atoms with Crippen molar-refractivity contribution < 1.29 is 4.74 Å². The Morgan fingerprint density at radius 2 is 2.29 bits per heavy atom. The summed E-state index contributed by atoms with van der Waals surface area (Å²) in [7, 11) is 0. The Kier molecular flexibility index (Phi) is 7.04. The summed E-state index contributed by atoms with van der Waals surface area (Å²) in [5, 5.41) is 3.47. The van der Waals surface area contributed by atoms with E-state index >= 15 is 0 Å². The van der Waals surface area contributed by atoms with E-state index in [4.69, 9.17) is 4.74 Å². The van der Waals surface area contributed by atoms with Crippen LogP contribution in [0.4, 0.5) is 0 Å². The van der Waals surface area contributed by atoms with Crippen molar-refractivity contribution in [2.24, 2.45) is 0 Å². The molecular formula is C17H28N2OS. The molecule has 0 amide bonds. The van der Waals surface area contributed by atoms with E-state index in [2.05, 4.69) is 55.3 Å². The highest BCUT2D eigenvalue weighted by Crippen LogP contribution is 2.22. The van der Waals surface area contributed by atoms with Crippen molar-refractivity contribution in [2.75, 3.05) is 32.0 Å². The van der Waals surface area contributed by atoms with Gasteiger partial charge in [-0.1, -0.05) is 32.9 Å². The minimum Gasteiger partial charge on any atom is -0.375 e. The summed E-state index contributed by atoms with van der Waals surface area (Å²) in [5.41, 5.74) is 1.36. The van der Waals surface area contributed by atoms with Crippen LogP contribution in [0.3, 0.4) is 0 Å². The quantitative estimate of drug-likeness (QED) is 0.783. The second kappa shape index (κ2) is 8.79. The van der Waals surface area contributed by atoms with Gasteiger partial charge in [-0.3, -0.25) is 4.90 Å². The van der Waals surface area contributed by atoms with Crippen LogP contribution in [0.2, 0.25) is 0 Å². The van der Waals surface area contributed by atoms with Crippen LogP contribution in [0.5, 0.6) is 0 Å². The van der Waals surface area contributed by atoms with Crippen molar-refractivity contribution in [3.05, 3.63) is 29.8 Å². The van der Waals surface area contributed by atoms with Crippen LogP contribution in [-0.2, 0) is 11.3 Å². The molecule has 1 aliphatic rings. The number of morpholine rings is 1. The number of hydrogen-bond acceptors (Lipinski definition) is 4. The molecule has 0 radical (unpaired) electrons. The largest absolute Gasteiger partial charge is 0.375 e. The first-order valence-electron chi connectivity index (χ1n) is 7.96. The Morgan fingerprint density at radius 3 is 3.05 bits per heavy atom. The Labute approximate surface area is 133 Å². The highest BCUT2D eigenvalue weighted by atomic mass is 32.2. The van der Waals surface area contributed by atoms with Gasteiger partial charge >= 0.3 is 0 Å². The predicted octanol–water partition coefficient (Wildman–Crippen LogP) is 3.00. The number of hydrogen-bond donors (Lipinski definition) is 1. The zero-order valence-electron chi connectivity index (χ0n) is 13.5. The first-order valence-corrected chi connectivity index (χ1v) is 8.95. The molecule has 0 spiro atoms. The number of ether oxygens (including phenoxy) is 1. The fourth-order valence-electron chi connectivity index (χ4n) is 2.42. The van der Waals surface area contributed by atoms with Crippen LogP contribution in [0, 0.1) is 0 Å². The van der Waals surface area contributed by atoms with E-state index in [1.54, 1.807) is 0 Å². The maximum atomic E-state index is 5.87. The minimum absolute atomic E-state index is 0.362. The molecule has 1 atom stereocenters. The average Bonchev–Trinajstić information content (AvgIpc) is 2.51. The molecule has 1 fully saturated rings. The van der Waals surface area contributed by atoms with E-state index in [1.807, 2.05) is 11.8 Å². The maximum absolute atomic E-state index is 5.87. The van der Waals surface area contributed by atoms with Crippen molar-refractivity contribution in [1.82, 2.24) is 10.2 Å². The first kappa shape index (κ1) is 16.8. The highest BCUT2D eigenvalue weighted by molar-refractivity contribution is 7.99. The average molecular weight is 308 g/mol. The van der Waals surface area contributed by atoms with Crippen molar-refractivity contribution >= 4 is 11.8 Å². The fourth-order valence-corrected chi connectivity index (χ4v) is 3.41. The van der Waals surface area contributed by atoms with Gasteiger partial charge in [0.1, 0.15) is 0 Å². The molecule has 1 aliphatic heterocycles. The van der Waals surface area contributed by atoms with Crippen LogP contribution in [0.1, 0.15) is 26.3 Å². The van der Waals surface area contributed by atoms with E-state index < -0.39 is 0 Å². The van der Waals surface area contributed by atoms with Crippen LogP contribution in [0.25, 0.3) is 0 Å². The molecule has 1 N–H and O–H groups in total. The summed E-state index contributed by atoms with van der Waals surface area (Å²) in [6, 6.07) is 9.36. The Morgan fingerprint density at radius 1 is 1.43 bits per heavy atom. The molecule has 21 heavy (non-hydrogen) atoms. The summed E-state index contributed by atoms with van der Waals surface area (Å²) in [4.78, 5) is 3.81. The van der Waals surface area contributed by atoms with Gasteiger partial charge in [-0.05, 0) is 24.2 Å². The summed E-state index contributed by atoms with van der Waals surface area (Å²) < 4.78 is 5.87. The zero-order valence-corrected chi connectivity index (χ0v) is 14.3. The molecule has 1 saturated heterocycles. The molecule has 3 nitrogen and oxygen atoms in total. The third-order valence-electron chi connectivity index (χ3n) is 3.72. The normalized spacial score (nSPS) is 20.1. The molecule has 0 bridgehead atoms. The van der Waals surface area contributed by atoms with Gasteiger partial charge in [0.2, 0.25) is 0 Å². The molecule has 0 aliphatic carbocycles. The lowest BCUT2D eigenvalue weighted by atomic mass is 10.2. The third-order valence-corrected chi connectivity index (χ3v) is 4.84. The lowest BCUT2D eigenvalue weighted by Crippen LogP contribution is -2.43. The number of rotatable bonds is 7. The second-order valence-electron chi connectivity index (χ2n) is 5.88. The molecule has 0 aromatic heterocycles. The van der Waals surface area contributed by atoms with E-state index in [9.17, 15) is 0 Å². The van der Waals surface area contributed by atoms with Crippen molar-refractivity contribution in [3.8, 4) is 0 Å².